The van der Waals surface area contributed by atoms with Gasteiger partial charge in [-0.2, -0.15) is 0 Å². The van der Waals surface area contributed by atoms with E-state index in [-0.39, 0.29) is 11.6 Å². The number of carbonyl (C=O) groups is 1. The molecule has 1 aromatic rings. The number of benzene rings is 1. The standard InChI is InChI=1S/C22H34O2/c1-5-21(3,4)20(23)24-22(6-2,19-15-11-8-12-16-19)17-18-13-9-7-10-14-18/h7,9-10,13-14,19H,5-6,8,11-12,15-17H2,1-4H3. The van der Waals surface area contributed by atoms with Crippen molar-refractivity contribution in [3.05, 3.63) is 35.9 Å². The molecule has 0 bridgehead atoms. The van der Waals surface area contributed by atoms with Gasteiger partial charge in [0, 0.05) is 6.42 Å². The van der Waals surface area contributed by atoms with Crippen LogP contribution in [-0.2, 0) is 16.0 Å². The summed E-state index contributed by atoms with van der Waals surface area (Å²) in [5, 5.41) is 0. The van der Waals surface area contributed by atoms with E-state index in [9.17, 15) is 4.79 Å². The Balaban J connectivity index is 2.29. The Hall–Kier alpha value is -1.31. The second-order valence-corrected chi connectivity index (χ2v) is 8.04. The first-order valence-corrected chi connectivity index (χ1v) is 9.71. The number of esters is 1. The fourth-order valence-corrected chi connectivity index (χ4v) is 3.79. The van der Waals surface area contributed by atoms with Gasteiger partial charge in [0.15, 0.2) is 0 Å². The van der Waals surface area contributed by atoms with Gasteiger partial charge in [-0.05, 0) is 51.0 Å². The lowest BCUT2D eigenvalue weighted by atomic mass is 9.72. The predicted molar refractivity (Wildman–Crippen MR) is 99.9 cm³/mol. The van der Waals surface area contributed by atoms with Gasteiger partial charge in [0.05, 0.1) is 5.41 Å². The van der Waals surface area contributed by atoms with Crippen molar-refractivity contribution in [2.45, 2.75) is 84.7 Å². The number of hydrogen-bond donors (Lipinski definition) is 0. The largest absolute Gasteiger partial charge is 0.458 e. The minimum atomic E-state index is -0.411. The Morgan fingerprint density at radius 1 is 1.04 bits per heavy atom. The highest BCUT2D eigenvalue weighted by Gasteiger charge is 2.43. The second-order valence-electron chi connectivity index (χ2n) is 8.04. The zero-order valence-electron chi connectivity index (χ0n) is 15.9. The molecule has 0 heterocycles. The summed E-state index contributed by atoms with van der Waals surface area (Å²) >= 11 is 0. The molecule has 1 aromatic carbocycles. The van der Waals surface area contributed by atoms with Crippen molar-refractivity contribution in [3.63, 3.8) is 0 Å². The molecule has 0 aromatic heterocycles. The average Bonchev–Trinajstić information content (AvgIpc) is 2.62. The van der Waals surface area contributed by atoms with E-state index in [4.69, 9.17) is 4.74 Å². The van der Waals surface area contributed by atoms with Gasteiger partial charge < -0.3 is 4.74 Å². The molecule has 0 spiro atoms. The molecule has 1 saturated carbocycles. The average molecular weight is 331 g/mol. The van der Waals surface area contributed by atoms with Crippen molar-refractivity contribution in [3.8, 4) is 0 Å². The monoisotopic (exact) mass is 330 g/mol. The minimum absolute atomic E-state index is 0.0339. The van der Waals surface area contributed by atoms with Crippen molar-refractivity contribution >= 4 is 5.97 Å². The fourth-order valence-electron chi connectivity index (χ4n) is 3.79. The van der Waals surface area contributed by atoms with Gasteiger partial charge in [0.1, 0.15) is 5.60 Å². The van der Waals surface area contributed by atoms with Crippen LogP contribution in [0.3, 0.4) is 0 Å². The van der Waals surface area contributed by atoms with Crippen LogP contribution in [0.25, 0.3) is 0 Å². The maximum Gasteiger partial charge on any atom is 0.312 e. The Morgan fingerprint density at radius 3 is 2.21 bits per heavy atom. The van der Waals surface area contributed by atoms with Crippen LogP contribution in [0.15, 0.2) is 30.3 Å². The molecule has 0 N–H and O–H groups in total. The molecule has 0 saturated heterocycles. The number of ether oxygens (including phenoxy) is 1. The van der Waals surface area contributed by atoms with Gasteiger partial charge in [-0.3, -0.25) is 4.79 Å². The minimum Gasteiger partial charge on any atom is -0.458 e. The molecule has 1 aliphatic rings. The van der Waals surface area contributed by atoms with Crippen molar-refractivity contribution < 1.29 is 9.53 Å². The summed E-state index contributed by atoms with van der Waals surface area (Å²) in [4.78, 5) is 12.9. The predicted octanol–water partition coefficient (Wildman–Crippen LogP) is 5.94. The van der Waals surface area contributed by atoms with Gasteiger partial charge >= 0.3 is 5.97 Å². The lowest BCUT2D eigenvalue weighted by Gasteiger charge is -2.43. The zero-order chi connectivity index (χ0) is 17.6. The number of rotatable bonds is 7. The molecule has 0 amide bonds. The zero-order valence-corrected chi connectivity index (χ0v) is 15.9. The van der Waals surface area contributed by atoms with E-state index < -0.39 is 5.41 Å². The Labute approximate surface area is 148 Å². The van der Waals surface area contributed by atoms with Crippen LogP contribution in [0, 0.1) is 11.3 Å². The molecule has 24 heavy (non-hydrogen) atoms. The molecule has 1 unspecified atom stereocenters. The van der Waals surface area contributed by atoms with E-state index in [1.807, 2.05) is 19.9 Å². The third-order valence-electron chi connectivity index (χ3n) is 6.03. The lowest BCUT2D eigenvalue weighted by Crippen LogP contribution is -2.47. The summed E-state index contributed by atoms with van der Waals surface area (Å²) in [5.41, 5.74) is 0.504. The van der Waals surface area contributed by atoms with E-state index in [1.165, 1.54) is 37.7 Å². The molecule has 2 heteroatoms. The first-order chi connectivity index (χ1) is 11.4. The molecule has 0 aliphatic heterocycles. The number of carbonyl (C=O) groups excluding carboxylic acids is 1. The van der Waals surface area contributed by atoms with Crippen LogP contribution < -0.4 is 0 Å². The Morgan fingerprint density at radius 2 is 1.67 bits per heavy atom. The molecular formula is C22H34O2. The highest BCUT2D eigenvalue weighted by Crippen LogP contribution is 2.41. The summed E-state index contributed by atoms with van der Waals surface area (Å²) < 4.78 is 6.35. The highest BCUT2D eigenvalue weighted by molar-refractivity contribution is 5.76. The van der Waals surface area contributed by atoms with E-state index >= 15 is 0 Å². The normalized spacial score (nSPS) is 18.8. The maximum absolute atomic E-state index is 12.9. The van der Waals surface area contributed by atoms with E-state index in [0.717, 1.165) is 19.3 Å². The van der Waals surface area contributed by atoms with Gasteiger partial charge in [0.2, 0.25) is 0 Å². The van der Waals surface area contributed by atoms with Crippen LogP contribution >= 0.6 is 0 Å². The molecule has 0 radical (unpaired) electrons. The van der Waals surface area contributed by atoms with Crippen molar-refractivity contribution in [2.24, 2.45) is 11.3 Å². The first kappa shape index (κ1) is 19.0. The first-order valence-electron chi connectivity index (χ1n) is 9.71. The summed E-state index contributed by atoms with van der Waals surface area (Å²) in [6.45, 7) is 8.24. The molecule has 2 nitrogen and oxygen atoms in total. The van der Waals surface area contributed by atoms with Gasteiger partial charge in [-0.1, -0.05) is 63.4 Å². The maximum atomic E-state index is 12.9. The third-order valence-corrected chi connectivity index (χ3v) is 6.03. The second kappa shape index (κ2) is 8.18. The van der Waals surface area contributed by atoms with Crippen LogP contribution in [-0.4, -0.2) is 11.6 Å². The van der Waals surface area contributed by atoms with Gasteiger partial charge in [-0.25, -0.2) is 0 Å². The molecular weight excluding hydrogens is 296 g/mol. The Bertz CT molecular complexity index is 514. The fraction of sp³-hybridized carbons (Fsp3) is 0.682. The van der Waals surface area contributed by atoms with Crippen molar-refractivity contribution in [2.75, 3.05) is 0 Å². The summed E-state index contributed by atoms with van der Waals surface area (Å²) in [7, 11) is 0. The van der Waals surface area contributed by atoms with Gasteiger partial charge in [-0.15, -0.1) is 0 Å². The lowest BCUT2D eigenvalue weighted by molar-refractivity contribution is -0.179. The quantitative estimate of drug-likeness (QED) is 0.578. The molecule has 1 fully saturated rings. The van der Waals surface area contributed by atoms with Crippen molar-refractivity contribution in [1.29, 1.82) is 0 Å². The summed E-state index contributed by atoms with van der Waals surface area (Å²) in [6.07, 6.45) is 8.73. The topological polar surface area (TPSA) is 26.3 Å². The smallest absolute Gasteiger partial charge is 0.312 e. The highest BCUT2D eigenvalue weighted by atomic mass is 16.6. The molecule has 2 rings (SSSR count). The molecule has 1 atom stereocenters. The van der Waals surface area contributed by atoms with E-state index in [2.05, 4.69) is 38.1 Å². The van der Waals surface area contributed by atoms with E-state index in [1.54, 1.807) is 0 Å². The molecule has 1 aliphatic carbocycles. The van der Waals surface area contributed by atoms with Gasteiger partial charge in [0.25, 0.3) is 0 Å². The van der Waals surface area contributed by atoms with Crippen LogP contribution in [0.5, 0.6) is 0 Å². The van der Waals surface area contributed by atoms with Crippen LogP contribution in [0.1, 0.15) is 78.2 Å². The van der Waals surface area contributed by atoms with E-state index in [0.29, 0.717) is 5.92 Å². The summed E-state index contributed by atoms with van der Waals surface area (Å²) in [5.74, 6) is 0.446. The Kier molecular flexibility index (Phi) is 6.48. The third kappa shape index (κ3) is 4.40. The molecule has 134 valence electrons. The van der Waals surface area contributed by atoms with Crippen LogP contribution in [0.4, 0.5) is 0 Å². The van der Waals surface area contributed by atoms with Crippen LogP contribution in [0.2, 0.25) is 0 Å². The van der Waals surface area contributed by atoms with Crippen molar-refractivity contribution in [1.82, 2.24) is 0 Å². The SMILES string of the molecule is CCC(C)(C)C(=O)OC(CC)(Cc1ccccc1)C1CCCCC1. The number of hydrogen-bond acceptors (Lipinski definition) is 2. The summed E-state index contributed by atoms with van der Waals surface area (Å²) in [6, 6.07) is 10.5.